The van der Waals surface area contributed by atoms with Gasteiger partial charge in [0.05, 0.1) is 12.9 Å². The molecule has 1 N–H and O–H groups in total. The second-order valence-corrected chi connectivity index (χ2v) is 6.84. The molecule has 0 aliphatic rings. The van der Waals surface area contributed by atoms with E-state index in [0.717, 1.165) is 5.56 Å². The van der Waals surface area contributed by atoms with Crippen LogP contribution in [0.15, 0.2) is 63.9 Å². The van der Waals surface area contributed by atoms with E-state index in [0.29, 0.717) is 22.3 Å². The molecule has 2 aromatic rings. The van der Waals surface area contributed by atoms with Gasteiger partial charge in [0, 0.05) is 30.1 Å². The molecule has 2 aromatic carbocycles. The van der Waals surface area contributed by atoms with Crippen molar-refractivity contribution < 1.29 is 9.50 Å². The normalized spacial score (nSPS) is 12.6. The van der Waals surface area contributed by atoms with Crippen molar-refractivity contribution in [3.05, 3.63) is 75.9 Å². The third kappa shape index (κ3) is 6.90. The Morgan fingerprint density at radius 3 is 2.62 bits per heavy atom. The van der Waals surface area contributed by atoms with E-state index in [1.807, 2.05) is 32.3 Å². The van der Waals surface area contributed by atoms with E-state index in [1.165, 1.54) is 41.4 Å². The summed E-state index contributed by atoms with van der Waals surface area (Å²) in [4.78, 5) is 10.6. The van der Waals surface area contributed by atoms with Crippen LogP contribution in [0.1, 0.15) is 11.1 Å². The lowest BCUT2D eigenvalue weighted by Crippen LogP contribution is -2.08. The highest BCUT2D eigenvalue weighted by Crippen LogP contribution is 2.19. The van der Waals surface area contributed by atoms with E-state index in [-0.39, 0.29) is 11.6 Å². The molecular formula is C19H19ClFN3OS. The Hall–Kier alpha value is -2.31. The molecule has 0 amide bonds. The van der Waals surface area contributed by atoms with Crippen molar-refractivity contribution in [1.29, 1.82) is 0 Å². The first kappa shape index (κ1) is 20.0. The van der Waals surface area contributed by atoms with Crippen molar-refractivity contribution >= 4 is 40.6 Å². The van der Waals surface area contributed by atoms with Crippen LogP contribution in [0, 0.1) is 5.82 Å². The molecule has 0 heterocycles. The molecule has 0 saturated heterocycles. The monoisotopic (exact) mass is 391 g/mol. The quantitative estimate of drug-likeness (QED) is 0.432. The Kier molecular flexibility index (Phi) is 7.69. The average Bonchev–Trinajstić information content (AvgIpc) is 2.61. The van der Waals surface area contributed by atoms with Gasteiger partial charge < -0.3 is 10.0 Å². The molecule has 4 nitrogen and oxygen atoms in total. The Morgan fingerprint density at radius 2 is 1.96 bits per heavy atom. The summed E-state index contributed by atoms with van der Waals surface area (Å²) in [6.45, 7) is 0.415. The van der Waals surface area contributed by atoms with Crippen molar-refractivity contribution in [2.75, 3.05) is 14.1 Å². The van der Waals surface area contributed by atoms with Gasteiger partial charge in [0.25, 0.3) is 0 Å². The van der Waals surface area contributed by atoms with Crippen LogP contribution >= 0.6 is 23.4 Å². The van der Waals surface area contributed by atoms with Crippen molar-refractivity contribution in [1.82, 2.24) is 4.90 Å². The van der Waals surface area contributed by atoms with Crippen LogP contribution in [-0.2, 0) is 6.54 Å². The first-order chi connectivity index (χ1) is 12.4. The van der Waals surface area contributed by atoms with Crippen LogP contribution in [0.2, 0.25) is 5.02 Å². The fraction of sp³-hybridized carbons (Fsp3) is 0.158. The van der Waals surface area contributed by atoms with Crippen LogP contribution in [-0.4, -0.2) is 35.6 Å². The van der Waals surface area contributed by atoms with E-state index in [9.17, 15) is 9.50 Å². The number of rotatable bonds is 5. The lowest BCUT2D eigenvalue weighted by atomic mass is 10.2. The maximum Gasteiger partial charge on any atom is 0.189 e. The largest absolute Gasteiger partial charge is 0.507 e. The maximum atomic E-state index is 13.0. The number of halogens is 2. The number of aliphatic imine (C=N–C) groups is 2. The van der Waals surface area contributed by atoms with Crippen LogP contribution in [0.4, 0.5) is 4.39 Å². The van der Waals surface area contributed by atoms with Gasteiger partial charge in [-0.15, -0.1) is 0 Å². The smallest absolute Gasteiger partial charge is 0.189 e. The molecule has 0 fully saturated rings. The van der Waals surface area contributed by atoms with Gasteiger partial charge in [-0.25, -0.2) is 9.38 Å². The summed E-state index contributed by atoms with van der Waals surface area (Å²) >= 11 is 7.17. The molecule has 0 bridgehead atoms. The van der Waals surface area contributed by atoms with Gasteiger partial charge in [-0.2, -0.15) is 0 Å². The predicted octanol–water partition coefficient (Wildman–Crippen LogP) is 5.21. The SMILES string of the molecule is CN(C)/C=N/C(=NCc1cccc(Cl)c1)S/C=C(/O)c1ccc(F)cc1. The number of nitrogens with zero attached hydrogens (tertiary/aromatic N) is 3. The molecule has 0 aliphatic heterocycles. The molecule has 0 unspecified atom stereocenters. The van der Waals surface area contributed by atoms with Crippen LogP contribution in [0.25, 0.3) is 5.76 Å². The van der Waals surface area contributed by atoms with E-state index in [2.05, 4.69) is 9.98 Å². The number of hydrogen-bond acceptors (Lipinski definition) is 3. The zero-order valence-corrected chi connectivity index (χ0v) is 16.0. The first-order valence-electron chi connectivity index (χ1n) is 7.75. The summed E-state index contributed by atoms with van der Waals surface area (Å²) in [6, 6.07) is 13.0. The molecule has 7 heteroatoms. The minimum Gasteiger partial charge on any atom is -0.507 e. The lowest BCUT2D eigenvalue weighted by Gasteiger charge is -2.04. The van der Waals surface area contributed by atoms with E-state index < -0.39 is 0 Å². The Bertz CT molecular complexity index is 820. The minimum atomic E-state index is -0.353. The molecule has 0 atom stereocenters. The highest BCUT2D eigenvalue weighted by atomic mass is 35.5. The average molecular weight is 392 g/mol. The second-order valence-electron chi connectivity index (χ2n) is 5.56. The number of benzene rings is 2. The summed E-state index contributed by atoms with van der Waals surface area (Å²) in [5.41, 5.74) is 1.48. The Morgan fingerprint density at radius 1 is 1.23 bits per heavy atom. The topological polar surface area (TPSA) is 48.2 Å². The first-order valence-corrected chi connectivity index (χ1v) is 9.01. The fourth-order valence-corrected chi connectivity index (χ4v) is 2.68. The number of hydrogen-bond donors (Lipinski definition) is 1. The van der Waals surface area contributed by atoms with Gasteiger partial charge in [-0.1, -0.05) is 35.5 Å². The van der Waals surface area contributed by atoms with Gasteiger partial charge >= 0.3 is 0 Å². The molecule has 0 saturated carbocycles. The minimum absolute atomic E-state index is 0.0190. The Balaban J connectivity index is 2.14. The van der Waals surface area contributed by atoms with Crippen molar-refractivity contribution in [2.45, 2.75) is 6.54 Å². The van der Waals surface area contributed by atoms with Crippen LogP contribution in [0.5, 0.6) is 0 Å². The summed E-state index contributed by atoms with van der Waals surface area (Å²) in [5, 5.41) is 12.8. The molecule has 0 spiro atoms. The fourth-order valence-electron chi connectivity index (χ4n) is 1.86. The van der Waals surface area contributed by atoms with Gasteiger partial charge in [0.1, 0.15) is 11.6 Å². The predicted molar refractivity (Wildman–Crippen MR) is 109 cm³/mol. The molecular weight excluding hydrogens is 373 g/mol. The van der Waals surface area contributed by atoms with Gasteiger partial charge in [0.2, 0.25) is 0 Å². The number of aliphatic hydroxyl groups excluding tert-OH is 1. The molecule has 2 rings (SSSR count). The van der Waals surface area contributed by atoms with Crippen molar-refractivity contribution in [3.63, 3.8) is 0 Å². The van der Waals surface area contributed by atoms with Crippen molar-refractivity contribution in [2.24, 2.45) is 9.98 Å². The number of amidine groups is 1. The molecule has 0 aliphatic carbocycles. The highest BCUT2D eigenvalue weighted by molar-refractivity contribution is 8.16. The summed E-state index contributed by atoms with van der Waals surface area (Å²) in [6.07, 6.45) is 1.63. The zero-order valence-electron chi connectivity index (χ0n) is 14.4. The van der Waals surface area contributed by atoms with E-state index in [1.54, 1.807) is 17.3 Å². The van der Waals surface area contributed by atoms with Gasteiger partial charge in [0.15, 0.2) is 5.17 Å². The Labute approximate surface area is 161 Å². The summed E-state index contributed by atoms with van der Waals surface area (Å²) in [7, 11) is 3.71. The van der Waals surface area contributed by atoms with Crippen molar-refractivity contribution in [3.8, 4) is 0 Å². The summed E-state index contributed by atoms with van der Waals surface area (Å²) in [5.74, 6) is -0.334. The van der Waals surface area contributed by atoms with Crippen LogP contribution < -0.4 is 0 Å². The lowest BCUT2D eigenvalue weighted by molar-refractivity contribution is 0.512. The maximum absolute atomic E-state index is 13.0. The number of thioether (sulfide) groups is 1. The summed E-state index contributed by atoms with van der Waals surface area (Å²) < 4.78 is 13.0. The second kappa shape index (κ2) is 9.99. The van der Waals surface area contributed by atoms with Gasteiger partial charge in [-0.3, -0.25) is 4.99 Å². The van der Waals surface area contributed by atoms with Gasteiger partial charge in [-0.05, 0) is 42.0 Å². The molecule has 26 heavy (non-hydrogen) atoms. The molecule has 136 valence electrons. The molecule has 0 aromatic heterocycles. The highest BCUT2D eigenvalue weighted by Gasteiger charge is 2.02. The zero-order chi connectivity index (χ0) is 18.9. The third-order valence-corrected chi connectivity index (χ3v) is 4.12. The van der Waals surface area contributed by atoms with E-state index in [4.69, 9.17) is 11.6 Å². The van der Waals surface area contributed by atoms with E-state index >= 15 is 0 Å². The third-order valence-electron chi connectivity index (χ3n) is 3.10. The molecule has 0 radical (unpaired) electrons. The van der Waals surface area contributed by atoms with Crippen LogP contribution in [0.3, 0.4) is 0 Å². The standard InChI is InChI=1S/C19H19ClFN3OS/c1-24(2)13-23-19(22-11-14-4-3-5-16(20)10-14)26-12-18(25)15-6-8-17(21)9-7-15/h3-10,12-13,25H,11H2,1-2H3/b18-12+,22-19?,23-13+. The number of aliphatic hydroxyl groups is 1.